The zero-order chi connectivity index (χ0) is 34.2. The largest absolute Gasteiger partial charge is 0.493 e. The van der Waals surface area contributed by atoms with Crippen LogP contribution in [-0.2, 0) is 16.0 Å². The summed E-state index contributed by atoms with van der Waals surface area (Å²) >= 11 is 0. The molecule has 1 atom stereocenters. The van der Waals surface area contributed by atoms with Crippen LogP contribution in [0.1, 0.15) is 89.3 Å². The summed E-state index contributed by atoms with van der Waals surface area (Å²) in [5.41, 5.74) is 6.01. The number of carboxylic acids is 1. The van der Waals surface area contributed by atoms with E-state index in [-0.39, 0.29) is 11.2 Å². The van der Waals surface area contributed by atoms with Crippen molar-refractivity contribution in [3.05, 3.63) is 83.6 Å². The summed E-state index contributed by atoms with van der Waals surface area (Å²) in [7, 11) is 0. The fourth-order valence-corrected chi connectivity index (χ4v) is 6.40. The first-order valence-electron chi connectivity index (χ1n) is 17.0. The molecule has 6 rings (SSSR count). The number of hydrogen-bond acceptors (Lipinski definition) is 6. The van der Waals surface area contributed by atoms with Crippen LogP contribution in [0, 0.1) is 18.2 Å². The number of benzene rings is 2. The fourth-order valence-electron chi connectivity index (χ4n) is 6.40. The SMILES string of the molecule is Cc1nc(-c2cnn(C3CC3)c2)c(-c2ccc(OCCc3ccc(F)cc3)cc2)c(N2CCC(C)(C)CC2)c1[C@H](OC(C)(C)C)C(=O)O. The van der Waals surface area contributed by atoms with Gasteiger partial charge in [-0.1, -0.05) is 38.1 Å². The molecule has 1 saturated carbocycles. The number of hydrogen-bond donors (Lipinski definition) is 1. The van der Waals surface area contributed by atoms with Crippen LogP contribution in [0.4, 0.5) is 10.1 Å². The average Bonchev–Trinajstić information content (AvgIpc) is 3.76. The lowest BCUT2D eigenvalue weighted by atomic mass is 9.81. The predicted molar refractivity (Wildman–Crippen MR) is 186 cm³/mol. The predicted octanol–water partition coefficient (Wildman–Crippen LogP) is 8.58. The number of halogens is 1. The summed E-state index contributed by atoms with van der Waals surface area (Å²) in [5, 5.41) is 15.3. The molecule has 2 aliphatic rings. The van der Waals surface area contributed by atoms with Crippen LogP contribution in [0.5, 0.6) is 5.75 Å². The molecule has 48 heavy (non-hydrogen) atoms. The molecule has 3 heterocycles. The Balaban J connectivity index is 1.47. The standard InChI is InChI=1S/C39H47FN4O4/c1-25-32(36(37(45)46)48-38(2,3)4)35(43-20-18-39(5,6)19-21-43)33(34(42-25)28-23-41-44(24-28)30-13-14-30)27-9-15-31(16-10-27)47-22-17-26-7-11-29(40)12-8-26/h7-12,15-16,23-24,30,36H,13-14,17-22H2,1-6H3,(H,45,46)/t36-/m0/s1. The van der Waals surface area contributed by atoms with Crippen molar-refractivity contribution < 1.29 is 23.8 Å². The second-order valence-electron chi connectivity index (χ2n) is 15.0. The van der Waals surface area contributed by atoms with Gasteiger partial charge in [0, 0.05) is 48.1 Å². The molecule has 0 spiro atoms. The molecule has 0 bridgehead atoms. The number of nitrogens with zero attached hydrogens (tertiary/aromatic N) is 4. The Kier molecular flexibility index (Phi) is 9.35. The molecule has 1 N–H and O–H groups in total. The molecule has 1 aliphatic heterocycles. The Morgan fingerprint density at radius 3 is 2.31 bits per heavy atom. The summed E-state index contributed by atoms with van der Waals surface area (Å²) in [6.07, 6.45) is 7.56. The molecule has 2 aromatic heterocycles. The highest BCUT2D eigenvalue weighted by Crippen LogP contribution is 2.48. The second-order valence-corrected chi connectivity index (χ2v) is 15.0. The smallest absolute Gasteiger partial charge is 0.337 e. The maximum atomic E-state index is 13.3. The number of pyridine rings is 1. The normalized spacial score (nSPS) is 16.9. The molecule has 1 aliphatic carbocycles. The number of aryl methyl sites for hydroxylation is 1. The second kappa shape index (κ2) is 13.3. The van der Waals surface area contributed by atoms with Crippen molar-refractivity contribution in [2.24, 2.45) is 5.41 Å². The number of carbonyl (C=O) groups is 1. The van der Waals surface area contributed by atoms with E-state index >= 15 is 0 Å². The van der Waals surface area contributed by atoms with Gasteiger partial charge in [-0.3, -0.25) is 9.67 Å². The first-order chi connectivity index (χ1) is 22.8. The van der Waals surface area contributed by atoms with Crippen LogP contribution in [0.15, 0.2) is 60.9 Å². The molecule has 0 unspecified atom stereocenters. The Hall–Kier alpha value is -4.24. The minimum Gasteiger partial charge on any atom is -0.493 e. The molecule has 2 fully saturated rings. The third-order valence-electron chi connectivity index (χ3n) is 9.30. The molecule has 1 saturated heterocycles. The van der Waals surface area contributed by atoms with Crippen LogP contribution < -0.4 is 9.64 Å². The number of carboxylic acid groups (broad SMARTS) is 1. The van der Waals surface area contributed by atoms with Gasteiger partial charge in [0.1, 0.15) is 11.6 Å². The van der Waals surface area contributed by atoms with E-state index in [9.17, 15) is 14.3 Å². The van der Waals surface area contributed by atoms with E-state index in [0.29, 0.717) is 36.1 Å². The number of anilines is 1. The van der Waals surface area contributed by atoms with E-state index in [4.69, 9.17) is 19.6 Å². The first kappa shape index (κ1) is 33.7. The Morgan fingerprint density at radius 1 is 1.04 bits per heavy atom. The number of aromatic nitrogens is 3. The van der Waals surface area contributed by atoms with E-state index in [2.05, 4.69) is 24.9 Å². The number of piperidine rings is 1. The molecule has 0 radical (unpaired) electrons. The van der Waals surface area contributed by atoms with Gasteiger partial charge in [-0.25, -0.2) is 9.18 Å². The molecule has 9 heteroatoms. The van der Waals surface area contributed by atoms with Crippen LogP contribution in [0.3, 0.4) is 0 Å². The van der Waals surface area contributed by atoms with E-state index in [1.54, 1.807) is 12.1 Å². The highest BCUT2D eigenvalue weighted by atomic mass is 19.1. The lowest BCUT2D eigenvalue weighted by Crippen LogP contribution is -2.39. The van der Waals surface area contributed by atoms with Crippen LogP contribution in [-0.4, -0.2) is 51.1 Å². The maximum Gasteiger partial charge on any atom is 0.337 e. The minimum absolute atomic E-state index is 0.189. The van der Waals surface area contributed by atoms with E-state index in [0.717, 1.165) is 72.4 Å². The summed E-state index contributed by atoms with van der Waals surface area (Å²) in [6, 6.07) is 14.8. The van der Waals surface area contributed by atoms with Crippen molar-refractivity contribution in [3.8, 4) is 28.1 Å². The van der Waals surface area contributed by atoms with Crippen LogP contribution >= 0.6 is 0 Å². The zero-order valence-corrected chi connectivity index (χ0v) is 28.9. The third-order valence-corrected chi connectivity index (χ3v) is 9.30. The lowest BCUT2D eigenvalue weighted by molar-refractivity contribution is -0.160. The number of rotatable bonds is 11. The molecular formula is C39H47FN4O4. The average molecular weight is 655 g/mol. The highest BCUT2D eigenvalue weighted by Gasteiger charge is 2.37. The maximum absolute atomic E-state index is 13.3. The number of aliphatic carboxylic acids is 1. The van der Waals surface area contributed by atoms with Gasteiger partial charge in [0.15, 0.2) is 6.10 Å². The summed E-state index contributed by atoms with van der Waals surface area (Å²) in [4.78, 5) is 20.5. The van der Waals surface area contributed by atoms with Gasteiger partial charge in [0.25, 0.3) is 0 Å². The van der Waals surface area contributed by atoms with E-state index in [1.807, 2.05) is 62.8 Å². The lowest BCUT2D eigenvalue weighted by Gasteiger charge is -2.41. The molecule has 254 valence electrons. The molecule has 8 nitrogen and oxygen atoms in total. The van der Waals surface area contributed by atoms with Gasteiger partial charge in [-0.15, -0.1) is 0 Å². The topological polar surface area (TPSA) is 89.7 Å². The summed E-state index contributed by atoms with van der Waals surface area (Å²) in [5.74, 6) is -0.584. The minimum atomic E-state index is -1.21. The van der Waals surface area contributed by atoms with Crippen molar-refractivity contribution in [1.29, 1.82) is 0 Å². The van der Waals surface area contributed by atoms with Crippen LogP contribution in [0.2, 0.25) is 0 Å². The Bertz CT molecular complexity index is 1740. The quantitative estimate of drug-likeness (QED) is 0.173. The summed E-state index contributed by atoms with van der Waals surface area (Å²) in [6.45, 7) is 14.1. The fraction of sp³-hybridized carbons (Fsp3) is 0.462. The van der Waals surface area contributed by atoms with Gasteiger partial charge in [0.2, 0.25) is 0 Å². The molecule has 0 amide bonds. The molecular weight excluding hydrogens is 607 g/mol. The third kappa shape index (κ3) is 7.73. The van der Waals surface area contributed by atoms with Crippen molar-refractivity contribution in [3.63, 3.8) is 0 Å². The van der Waals surface area contributed by atoms with Gasteiger partial charge >= 0.3 is 5.97 Å². The molecule has 2 aromatic carbocycles. The van der Waals surface area contributed by atoms with Crippen molar-refractivity contribution >= 4 is 11.7 Å². The zero-order valence-electron chi connectivity index (χ0n) is 28.9. The van der Waals surface area contributed by atoms with Crippen molar-refractivity contribution in [1.82, 2.24) is 14.8 Å². The van der Waals surface area contributed by atoms with Gasteiger partial charge < -0.3 is 19.5 Å². The van der Waals surface area contributed by atoms with Crippen molar-refractivity contribution in [2.45, 2.75) is 91.4 Å². The van der Waals surface area contributed by atoms with Crippen molar-refractivity contribution in [2.75, 3.05) is 24.6 Å². The number of ether oxygens (including phenoxy) is 2. The van der Waals surface area contributed by atoms with E-state index in [1.165, 1.54) is 12.1 Å². The Morgan fingerprint density at radius 2 is 1.71 bits per heavy atom. The van der Waals surface area contributed by atoms with Gasteiger partial charge in [-0.05, 0) is 94.2 Å². The van der Waals surface area contributed by atoms with Gasteiger partial charge in [0.05, 0.1) is 35.8 Å². The molecule has 4 aromatic rings. The monoisotopic (exact) mass is 654 g/mol. The summed E-state index contributed by atoms with van der Waals surface area (Å²) < 4.78 is 27.7. The highest BCUT2D eigenvalue weighted by molar-refractivity contribution is 5.94. The Labute approximate surface area is 282 Å². The van der Waals surface area contributed by atoms with Crippen LogP contribution in [0.25, 0.3) is 22.4 Å². The first-order valence-corrected chi connectivity index (χ1v) is 17.0. The van der Waals surface area contributed by atoms with E-state index < -0.39 is 17.7 Å². The van der Waals surface area contributed by atoms with Gasteiger partial charge in [-0.2, -0.15) is 5.10 Å².